The molecule has 0 radical (unpaired) electrons. The number of aromatic nitrogens is 1. The van der Waals surface area contributed by atoms with Gasteiger partial charge in [-0.1, -0.05) is 184 Å². The summed E-state index contributed by atoms with van der Waals surface area (Å²) < 4.78 is 2.44. The molecule has 0 bridgehead atoms. The monoisotopic (exact) mass is 830 g/mol. The van der Waals surface area contributed by atoms with Gasteiger partial charge in [-0.3, -0.25) is 0 Å². The Bertz CT molecular complexity index is 3250. The Balaban J connectivity index is 1.07. The van der Waals surface area contributed by atoms with Gasteiger partial charge in [0.2, 0.25) is 0 Å². The summed E-state index contributed by atoms with van der Waals surface area (Å²) in [5.74, 6) is 0. The standard InChI is InChI=1S/C63H46N2/c1-63(2)59-41-51(31-33-55(59)56-34-32-52(42-60(56)63)65-61-29-17-15-27-57(61)58-28-16-18-30-62(58)65)64(53-37-47(43-19-7-3-8-20-43)35-48(38-53)44-21-9-4-10-22-44)54-39-49(45-23-11-5-12-24-45)36-50(40-54)46-25-13-6-14-26-46/h3-42H,1-2H3. The lowest BCUT2D eigenvalue weighted by Crippen LogP contribution is -2.17. The third-order valence-corrected chi connectivity index (χ3v) is 13.5. The minimum absolute atomic E-state index is 0.275. The van der Waals surface area contributed by atoms with Crippen LogP contribution in [0.15, 0.2) is 243 Å². The molecule has 0 fully saturated rings. The van der Waals surface area contributed by atoms with E-state index in [1.807, 2.05) is 0 Å². The molecular formula is C63H46N2. The van der Waals surface area contributed by atoms with Crippen LogP contribution in [0.1, 0.15) is 25.0 Å². The van der Waals surface area contributed by atoms with Gasteiger partial charge in [0.05, 0.1) is 11.0 Å². The summed E-state index contributed by atoms with van der Waals surface area (Å²) >= 11 is 0. The Morgan fingerprint density at radius 2 is 0.677 bits per heavy atom. The highest BCUT2D eigenvalue weighted by molar-refractivity contribution is 6.09. The van der Waals surface area contributed by atoms with Gasteiger partial charge in [0.1, 0.15) is 0 Å². The maximum Gasteiger partial charge on any atom is 0.0541 e. The quantitative estimate of drug-likeness (QED) is 0.148. The van der Waals surface area contributed by atoms with Gasteiger partial charge >= 0.3 is 0 Å². The Labute approximate surface area is 381 Å². The average Bonchev–Trinajstić information content (AvgIpc) is 3.82. The number of rotatable bonds is 8. The molecule has 2 heteroatoms. The predicted octanol–water partition coefficient (Wildman–Crippen LogP) is 17.2. The lowest BCUT2D eigenvalue weighted by Gasteiger charge is -2.30. The van der Waals surface area contributed by atoms with Crippen LogP contribution in [0.5, 0.6) is 0 Å². The maximum atomic E-state index is 2.49. The zero-order valence-corrected chi connectivity index (χ0v) is 36.5. The van der Waals surface area contributed by atoms with Crippen LogP contribution in [0, 0.1) is 0 Å². The highest BCUT2D eigenvalue weighted by atomic mass is 15.1. The van der Waals surface area contributed by atoms with Crippen LogP contribution in [-0.4, -0.2) is 4.57 Å². The van der Waals surface area contributed by atoms with Gasteiger partial charge < -0.3 is 9.47 Å². The fourth-order valence-corrected chi connectivity index (χ4v) is 10.3. The van der Waals surface area contributed by atoms with E-state index in [0.717, 1.165) is 17.1 Å². The molecule has 0 amide bonds. The molecule has 1 aliphatic rings. The number of anilines is 3. The molecule has 65 heavy (non-hydrogen) atoms. The average molecular weight is 831 g/mol. The minimum atomic E-state index is -0.275. The fourth-order valence-electron chi connectivity index (χ4n) is 10.3. The third kappa shape index (κ3) is 6.65. The van der Waals surface area contributed by atoms with Crippen molar-refractivity contribution in [2.45, 2.75) is 19.3 Å². The van der Waals surface area contributed by atoms with Crippen LogP contribution in [-0.2, 0) is 5.41 Å². The molecule has 0 saturated carbocycles. The molecule has 0 saturated heterocycles. The van der Waals surface area contributed by atoms with Crippen molar-refractivity contribution < 1.29 is 0 Å². The molecule has 0 spiro atoms. The highest BCUT2D eigenvalue weighted by Crippen LogP contribution is 2.52. The first-order chi connectivity index (χ1) is 32.0. The van der Waals surface area contributed by atoms with Crippen LogP contribution in [0.4, 0.5) is 17.1 Å². The summed E-state index contributed by atoms with van der Waals surface area (Å²) in [5.41, 5.74) is 21.3. The van der Waals surface area contributed by atoms with Crippen molar-refractivity contribution >= 4 is 38.9 Å². The second-order valence-corrected chi connectivity index (χ2v) is 17.8. The zero-order valence-electron chi connectivity index (χ0n) is 36.5. The summed E-state index contributed by atoms with van der Waals surface area (Å²) in [6.07, 6.45) is 0. The Morgan fingerprint density at radius 3 is 1.11 bits per heavy atom. The molecule has 0 N–H and O–H groups in total. The number of nitrogens with zero attached hydrogens (tertiary/aromatic N) is 2. The Morgan fingerprint density at radius 1 is 0.308 bits per heavy atom. The fraction of sp³-hybridized carbons (Fsp3) is 0.0476. The largest absolute Gasteiger partial charge is 0.310 e. The van der Waals surface area contributed by atoms with Gasteiger partial charge in [-0.2, -0.15) is 0 Å². The minimum Gasteiger partial charge on any atom is -0.310 e. The van der Waals surface area contributed by atoms with Crippen molar-refractivity contribution in [1.29, 1.82) is 0 Å². The van der Waals surface area contributed by atoms with Crippen LogP contribution >= 0.6 is 0 Å². The molecule has 1 aliphatic carbocycles. The molecule has 1 aromatic heterocycles. The Hall–Kier alpha value is -8.20. The van der Waals surface area contributed by atoms with Gasteiger partial charge in [0.15, 0.2) is 0 Å². The van der Waals surface area contributed by atoms with Crippen molar-refractivity contribution in [1.82, 2.24) is 4.57 Å². The van der Waals surface area contributed by atoms with Crippen LogP contribution < -0.4 is 4.90 Å². The first-order valence-electron chi connectivity index (χ1n) is 22.6. The number of fused-ring (bicyclic) bond motifs is 6. The van der Waals surface area contributed by atoms with E-state index in [4.69, 9.17) is 0 Å². The van der Waals surface area contributed by atoms with E-state index in [1.54, 1.807) is 0 Å². The van der Waals surface area contributed by atoms with Gasteiger partial charge in [-0.05, 0) is 140 Å². The van der Waals surface area contributed by atoms with Crippen LogP contribution in [0.2, 0.25) is 0 Å². The third-order valence-electron chi connectivity index (χ3n) is 13.5. The van der Waals surface area contributed by atoms with E-state index < -0.39 is 0 Å². The van der Waals surface area contributed by atoms with E-state index in [0.29, 0.717) is 0 Å². The van der Waals surface area contributed by atoms with Crippen LogP contribution in [0.3, 0.4) is 0 Å². The van der Waals surface area contributed by atoms with Crippen LogP contribution in [0.25, 0.3) is 83.1 Å². The predicted molar refractivity (Wildman–Crippen MR) is 275 cm³/mol. The second-order valence-electron chi connectivity index (χ2n) is 17.8. The number of hydrogen-bond donors (Lipinski definition) is 0. The van der Waals surface area contributed by atoms with E-state index in [2.05, 4.69) is 266 Å². The van der Waals surface area contributed by atoms with Crippen molar-refractivity contribution in [2.75, 3.05) is 4.90 Å². The number of hydrogen-bond acceptors (Lipinski definition) is 1. The van der Waals surface area contributed by atoms with Gasteiger partial charge in [0, 0.05) is 38.9 Å². The topological polar surface area (TPSA) is 8.17 Å². The molecule has 0 aliphatic heterocycles. The van der Waals surface area contributed by atoms with Gasteiger partial charge in [0.25, 0.3) is 0 Å². The van der Waals surface area contributed by atoms with Gasteiger partial charge in [-0.25, -0.2) is 0 Å². The van der Waals surface area contributed by atoms with E-state index in [9.17, 15) is 0 Å². The van der Waals surface area contributed by atoms with E-state index in [-0.39, 0.29) is 5.41 Å². The lowest BCUT2D eigenvalue weighted by atomic mass is 9.82. The molecule has 2 nitrogen and oxygen atoms in total. The summed E-state index contributed by atoms with van der Waals surface area (Å²) in [7, 11) is 0. The first-order valence-corrected chi connectivity index (χ1v) is 22.6. The van der Waals surface area contributed by atoms with Crippen molar-refractivity contribution in [3.8, 4) is 61.3 Å². The zero-order chi connectivity index (χ0) is 43.5. The number of benzene rings is 10. The molecule has 11 aromatic rings. The molecule has 1 heterocycles. The van der Waals surface area contributed by atoms with Crippen molar-refractivity contribution in [3.63, 3.8) is 0 Å². The van der Waals surface area contributed by atoms with Crippen molar-refractivity contribution in [3.05, 3.63) is 254 Å². The molecule has 10 aromatic carbocycles. The molecule has 12 rings (SSSR count). The number of para-hydroxylation sites is 2. The van der Waals surface area contributed by atoms with E-state index >= 15 is 0 Å². The summed E-state index contributed by atoms with van der Waals surface area (Å²) in [5, 5.41) is 2.55. The SMILES string of the molecule is CC1(C)c2cc(N(c3cc(-c4ccccc4)cc(-c4ccccc4)c3)c3cc(-c4ccccc4)cc(-c4ccccc4)c3)ccc2-c2ccc(-n3c4ccccc4c4ccccc43)cc21. The molecule has 0 atom stereocenters. The summed E-state index contributed by atoms with van der Waals surface area (Å²) in [6.45, 7) is 4.79. The molecular weight excluding hydrogens is 785 g/mol. The second kappa shape index (κ2) is 15.6. The van der Waals surface area contributed by atoms with Gasteiger partial charge in [-0.15, -0.1) is 0 Å². The maximum absolute atomic E-state index is 2.49. The normalized spacial score (nSPS) is 12.6. The summed E-state index contributed by atoms with van der Waals surface area (Å²) in [6, 6.07) is 89.0. The smallest absolute Gasteiger partial charge is 0.0541 e. The van der Waals surface area contributed by atoms with E-state index in [1.165, 1.54) is 94.3 Å². The highest BCUT2D eigenvalue weighted by Gasteiger charge is 2.37. The van der Waals surface area contributed by atoms with Crippen molar-refractivity contribution in [2.24, 2.45) is 0 Å². The molecule has 0 unspecified atom stereocenters. The lowest BCUT2D eigenvalue weighted by molar-refractivity contribution is 0.660. The summed E-state index contributed by atoms with van der Waals surface area (Å²) in [4.78, 5) is 2.49. The molecule has 308 valence electrons. The first kappa shape index (κ1) is 38.5. The Kier molecular flexibility index (Phi) is 9.21.